The first kappa shape index (κ1) is 11.6. The van der Waals surface area contributed by atoms with Crippen LogP contribution in [0, 0.1) is 0 Å². The van der Waals surface area contributed by atoms with Gasteiger partial charge in [-0.15, -0.1) is 4.33 Å². The molecule has 0 atom stereocenters. The summed E-state index contributed by atoms with van der Waals surface area (Å²) in [4.78, 5) is 0. The molecule has 4 nitrogen and oxygen atoms in total. The number of hydrogen-bond acceptors (Lipinski definition) is 4. The molecule has 1 aliphatic rings. The summed E-state index contributed by atoms with van der Waals surface area (Å²) in [5.74, 6) is 0.728. The van der Waals surface area contributed by atoms with Crippen LogP contribution in [-0.4, -0.2) is 27.8 Å². The lowest BCUT2D eigenvalue weighted by Gasteiger charge is -2.00. The molecule has 0 amide bonds. The van der Waals surface area contributed by atoms with Gasteiger partial charge in [0.25, 0.3) is 0 Å². The van der Waals surface area contributed by atoms with Crippen LogP contribution in [0.1, 0.15) is 12.5 Å². The molecule has 1 heterocycles. The van der Waals surface area contributed by atoms with Gasteiger partial charge in [-0.3, -0.25) is 0 Å². The number of para-hydroxylation sites is 1. The average Bonchev–Trinajstić information content (AvgIpc) is 2.61. The number of benzene rings is 1. The van der Waals surface area contributed by atoms with Crippen LogP contribution in [0.5, 0.6) is 0 Å². The van der Waals surface area contributed by atoms with E-state index >= 15 is 0 Å². The predicted molar refractivity (Wildman–Crippen MR) is 62.9 cm³/mol. The molecule has 0 radical (unpaired) electrons. The van der Waals surface area contributed by atoms with Gasteiger partial charge in [-0.2, -0.15) is 4.58 Å². The van der Waals surface area contributed by atoms with Crippen molar-refractivity contribution in [2.45, 2.75) is 13.3 Å². The van der Waals surface area contributed by atoms with Crippen LogP contribution in [0.3, 0.4) is 0 Å². The molecule has 0 bridgehead atoms. The van der Waals surface area contributed by atoms with Crippen molar-refractivity contribution >= 4 is 23.4 Å². The molecule has 0 fully saturated rings. The van der Waals surface area contributed by atoms with Crippen molar-refractivity contribution in [3.8, 4) is 0 Å². The minimum atomic E-state index is 0.728. The van der Waals surface area contributed by atoms with Crippen LogP contribution in [0.15, 0.2) is 24.3 Å². The second-order valence-corrected chi connectivity index (χ2v) is 4.44. The summed E-state index contributed by atoms with van der Waals surface area (Å²) in [7, 11) is 0. The Hall–Kier alpha value is -0.880. The van der Waals surface area contributed by atoms with Crippen molar-refractivity contribution in [1.29, 1.82) is 0 Å². The van der Waals surface area contributed by atoms with Gasteiger partial charge >= 0.3 is 0 Å². The van der Waals surface area contributed by atoms with Gasteiger partial charge in [0.15, 0.2) is 12.3 Å². The fourth-order valence-corrected chi connectivity index (χ4v) is 2.36. The van der Waals surface area contributed by atoms with E-state index in [2.05, 4.69) is 39.1 Å². The zero-order chi connectivity index (χ0) is 11.4. The maximum atomic E-state index is 8.01. The summed E-state index contributed by atoms with van der Waals surface area (Å²) >= 11 is 1.09. The molecule has 5 heteroatoms. The summed E-state index contributed by atoms with van der Waals surface area (Å²) in [5, 5.41) is 11.5. The molecule has 0 unspecified atom stereocenters. The van der Waals surface area contributed by atoms with E-state index in [1.807, 2.05) is 6.07 Å². The highest BCUT2D eigenvalue weighted by Crippen LogP contribution is 2.25. The zero-order valence-electron chi connectivity index (χ0n) is 9.05. The highest BCUT2D eigenvalue weighted by atomic mass is 32.2. The van der Waals surface area contributed by atoms with Crippen LogP contribution in [-0.2, 0) is 15.8 Å². The van der Waals surface area contributed by atoms with Crippen molar-refractivity contribution in [3.05, 3.63) is 29.8 Å². The summed E-state index contributed by atoms with van der Waals surface area (Å²) in [5.41, 5.74) is 3.97. The molecule has 0 aliphatic carbocycles. The maximum Gasteiger partial charge on any atom is 0.208 e. The third kappa shape index (κ3) is 2.44. The maximum absolute atomic E-state index is 8.01. The molecule has 0 aromatic heterocycles. The molecule has 16 heavy (non-hydrogen) atoms. The topological polar surface area (TPSA) is 41.7 Å². The number of rotatable bonds is 5. The number of fused-ring (bicyclic) bond motifs is 1. The van der Waals surface area contributed by atoms with E-state index in [4.69, 9.17) is 5.26 Å². The van der Waals surface area contributed by atoms with Gasteiger partial charge in [0.2, 0.25) is 5.69 Å². The van der Waals surface area contributed by atoms with Gasteiger partial charge in [-0.25, -0.2) is 5.26 Å². The molecule has 0 spiro atoms. The zero-order valence-corrected chi connectivity index (χ0v) is 9.87. The molecular weight excluding hydrogens is 226 g/mol. The molecule has 1 aliphatic heterocycles. The average molecular weight is 240 g/mol. The van der Waals surface area contributed by atoms with E-state index < -0.39 is 0 Å². The molecule has 1 aromatic rings. The van der Waals surface area contributed by atoms with Crippen molar-refractivity contribution in [2.24, 2.45) is 0 Å². The lowest BCUT2D eigenvalue weighted by molar-refractivity contribution is -0.438. The van der Waals surface area contributed by atoms with E-state index in [9.17, 15) is 0 Å². The van der Waals surface area contributed by atoms with Crippen LogP contribution >= 0.6 is 12.0 Å². The second kappa shape index (κ2) is 5.45. The van der Waals surface area contributed by atoms with E-state index in [1.54, 1.807) is 0 Å². The summed E-state index contributed by atoms with van der Waals surface area (Å²) in [6, 6.07) is 8.39. The fraction of sp³-hybridized carbons (Fsp3) is 0.364. The Morgan fingerprint density at radius 3 is 3.06 bits per heavy atom. The quantitative estimate of drug-likeness (QED) is 0.282. The molecular formula is C11H14NO3S+. The predicted octanol–water partition coefficient (Wildman–Crippen LogP) is 2.42. The Labute approximate surface area is 98.6 Å². The van der Waals surface area contributed by atoms with E-state index in [0.717, 1.165) is 30.8 Å². The molecule has 0 saturated heterocycles. The summed E-state index contributed by atoms with van der Waals surface area (Å²) in [6.07, 6.45) is 1.01. The van der Waals surface area contributed by atoms with Crippen LogP contribution < -0.4 is 0 Å². The third-order valence-electron chi connectivity index (χ3n) is 2.67. The minimum Gasteiger partial charge on any atom is -0.220 e. The third-order valence-corrected chi connectivity index (χ3v) is 3.17. The highest BCUT2D eigenvalue weighted by Gasteiger charge is 2.25. The van der Waals surface area contributed by atoms with E-state index in [-0.39, 0.29) is 0 Å². The Balaban J connectivity index is 2.01. The smallest absolute Gasteiger partial charge is 0.208 e. The van der Waals surface area contributed by atoms with Crippen molar-refractivity contribution < 1.29 is 19.2 Å². The Morgan fingerprint density at radius 1 is 1.44 bits per heavy atom. The monoisotopic (exact) mass is 240 g/mol. The molecule has 2 rings (SSSR count). The van der Waals surface area contributed by atoms with Crippen molar-refractivity contribution in [2.75, 3.05) is 12.3 Å². The highest BCUT2D eigenvalue weighted by molar-refractivity contribution is 7.94. The van der Waals surface area contributed by atoms with Gasteiger partial charge < -0.3 is 0 Å². The SMILES string of the molecule is CC1=[N+](CCSOOO)c2ccccc2C1. The van der Waals surface area contributed by atoms with Crippen LogP contribution in [0.25, 0.3) is 0 Å². The summed E-state index contributed by atoms with van der Waals surface area (Å²) < 4.78 is 6.62. The Morgan fingerprint density at radius 2 is 2.25 bits per heavy atom. The molecule has 86 valence electrons. The lowest BCUT2D eigenvalue weighted by atomic mass is 10.1. The van der Waals surface area contributed by atoms with E-state index in [0.29, 0.717) is 0 Å². The summed E-state index contributed by atoms with van der Waals surface area (Å²) in [6.45, 7) is 2.98. The first-order chi connectivity index (χ1) is 7.83. The normalized spacial score (nSPS) is 14.4. The number of nitrogens with zero attached hydrogens (tertiary/aromatic N) is 1. The van der Waals surface area contributed by atoms with Gasteiger partial charge in [0.05, 0.1) is 12.2 Å². The van der Waals surface area contributed by atoms with Gasteiger partial charge in [0.1, 0.15) is 0 Å². The first-order valence-corrected chi connectivity index (χ1v) is 6.01. The standard InChI is InChI=1S/C11H13NO3S/c1-9-8-10-4-2-3-5-11(10)12(9)6-7-16-15-14-13/h2-5H,6-8H2,1H3/p+1. The second-order valence-electron chi connectivity index (χ2n) is 3.66. The van der Waals surface area contributed by atoms with Gasteiger partial charge in [-0.05, 0) is 0 Å². The van der Waals surface area contributed by atoms with Gasteiger partial charge in [-0.1, -0.05) is 23.2 Å². The van der Waals surface area contributed by atoms with Gasteiger partial charge in [0, 0.05) is 30.6 Å². The van der Waals surface area contributed by atoms with Crippen LogP contribution in [0.4, 0.5) is 5.69 Å². The van der Waals surface area contributed by atoms with E-state index in [1.165, 1.54) is 17.0 Å². The molecule has 0 saturated carbocycles. The van der Waals surface area contributed by atoms with Crippen LogP contribution in [0.2, 0.25) is 0 Å². The largest absolute Gasteiger partial charge is 0.220 e. The lowest BCUT2D eigenvalue weighted by Crippen LogP contribution is -2.13. The Bertz CT molecular complexity index is 406. The van der Waals surface area contributed by atoms with Crippen molar-refractivity contribution in [3.63, 3.8) is 0 Å². The number of hydrogen-bond donors (Lipinski definition) is 1. The Kier molecular flexibility index (Phi) is 3.95. The minimum absolute atomic E-state index is 0.728. The van der Waals surface area contributed by atoms with Crippen molar-refractivity contribution in [1.82, 2.24) is 0 Å². The fourth-order valence-electron chi connectivity index (χ4n) is 2.00. The molecule has 1 aromatic carbocycles. The molecule has 1 N–H and O–H groups in total. The first-order valence-electron chi connectivity index (χ1n) is 5.10.